The minimum atomic E-state index is -0.403. The van der Waals surface area contributed by atoms with Crippen LogP contribution in [0.5, 0.6) is 0 Å². The molecule has 2 N–H and O–H groups in total. The average molecular weight is 393 g/mol. The van der Waals surface area contributed by atoms with Crippen molar-refractivity contribution in [1.82, 2.24) is 20.5 Å². The fraction of sp³-hybridized carbons (Fsp3) is 0.435. The molecule has 0 bridgehead atoms. The SMILES string of the molecule is Cc1cccc(CCNC(=O)CC2C(=O)NCCN2C2Cc3ccccc3C2)n1. The summed E-state index contributed by atoms with van der Waals surface area (Å²) in [7, 11) is 0. The second kappa shape index (κ2) is 8.74. The van der Waals surface area contributed by atoms with E-state index in [4.69, 9.17) is 0 Å². The molecule has 2 heterocycles. The van der Waals surface area contributed by atoms with Crippen molar-refractivity contribution in [2.75, 3.05) is 19.6 Å². The zero-order chi connectivity index (χ0) is 20.2. The van der Waals surface area contributed by atoms with E-state index in [0.29, 0.717) is 19.5 Å². The Kier molecular flexibility index (Phi) is 5.90. The quantitative estimate of drug-likeness (QED) is 0.780. The second-order valence-corrected chi connectivity index (χ2v) is 7.95. The van der Waals surface area contributed by atoms with Gasteiger partial charge in [-0.2, -0.15) is 0 Å². The highest BCUT2D eigenvalue weighted by Gasteiger charge is 2.37. The van der Waals surface area contributed by atoms with Crippen LogP contribution in [0.25, 0.3) is 0 Å². The number of carbonyl (C=O) groups excluding carboxylic acids is 2. The number of hydrogen-bond donors (Lipinski definition) is 2. The minimum Gasteiger partial charge on any atom is -0.356 e. The van der Waals surface area contributed by atoms with Crippen molar-refractivity contribution in [2.24, 2.45) is 0 Å². The molecule has 6 heteroatoms. The molecule has 2 aliphatic rings. The Morgan fingerprint density at radius 3 is 2.66 bits per heavy atom. The number of nitrogens with one attached hydrogen (secondary N) is 2. The lowest BCUT2D eigenvalue weighted by molar-refractivity contribution is -0.135. The van der Waals surface area contributed by atoms with E-state index in [0.717, 1.165) is 30.8 Å². The van der Waals surface area contributed by atoms with E-state index < -0.39 is 6.04 Å². The fourth-order valence-electron chi connectivity index (χ4n) is 4.47. The molecule has 0 radical (unpaired) electrons. The number of amides is 2. The number of aromatic nitrogens is 1. The molecule has 1 saturated heterocycles. The van der Waals surface area contributed by atoms with Crippen LogP contribution >= 0.6 is 0 Å². The van der Waals surface area contributed by atoms with Crippen LogP contribution in [0.15, 0.2) is 42.5 Å². The van der Waals surface area contributed by atoms with Crippen molar-refractivity contribution in [3.63, 3.8) is 0 Å². The highest BCUT2D eigenvalue weighted by atomic mass is 16.2. The van der Waals surface area contributed by atoms with Crippen LogP contribution < -0.4 is 10.6 Å². The third-order valence-electron chi connectivity index (χ3n) is 5.90. The molecule has 1 aromatic heterocycles. The third kappa shape index (κ3) is 4.65. The molecular formula is C23H28N4O2. The number of piperazine rings is 1. The Labute approximate surface area is 171 Å². The van der Waals surface area contributed by atoms with Gasteiger partial charge in [0.15, 0.2) is 0 Å². The number of benzene rings is 1. The summed E-state index contributed by atoms with van der Waals surface area (Å²) in [6, 6.07) is 14.3. The minimum absolute atomic E-state index is 0.0392. The number of pyridine rings is 1. The van der Waals surface area contributed by atoms with E-state index >= 15 is 0 Å². The Morgan fingerprint density at radius 2 is 1.93 bits per heavy atom. The van der Waals surface area contributed by atoms with Gasteiger partial charge in [0.2, 0.25) is 11.8 Å². The summed E-state index contributed by atoms with van der Waals surface area (Å²) in [4.78, 5) is 31.8. The van der Waals surface area contributed by atoms with Crippen LogP contribution in [0, 0.1) is 6.92 Å². The predicted molar refractivity (Wildman–Crippen MR) is 111 cm³/mol. The van der Waals surface area contributed by atoms with Crippen molar-refractivity contribution >= 4 is 11.8 Å². The average Bonchev–Trinajstić information content (AvgIpc) is 3.13. The van der Waals surface area contributed by atoms with Gasteiger partial charge in [-0.3, -0.25) is 19.5 Å². The molecule has 1 aromatic carbocycles. The molecule has 0 saturated carbocycles. The van der Waals surface area contributed by atoms with Crippen molar-refractivity contribution in [1.29, 1.82) is 0 Å². The zero-order valence-corrected chi connectivity index (χ0v) is 16.9. The molecule has 1 fully saturated rings. The Morgan fingerprint density at radius 1 is 1.17 bits per heavy atom. The molecule has 0 spiro atoms. The molecule has 2 amide bonds. The van der Waals surface area contributed by atoms with Gasteiger partial charge in [0.1, 0.15) is 0 Å². The summed E-state index contributed by atoms with van der Waals surface area (Å²) < 4.78 is 0. The molecular weight excluding hydrogens is 364 g/mol. The number of aryl methyl sites for hydroxylation is 1. The fourth-order valence-corrected chi connectivity index (χ4v) is 4.47. The lowest BCUT2D eigenvalue weighted by Gasteiger charge is -2.38. The Bertz CT molecular complexity index is 873. The first kappa shape index (κ1) is 19.6. The van der Waals surface area contributed by atoms with Crippen molar-refractivity contribution < 1.29 is 9.59 Å². The van der Waals surface area contributed by atoms with Crippen molar-refractivity contribution in [3.05, 3.63) is 65.0 Å². The van der Waals surface area contributed by atoms with Crippen LogP contribution in [0.3, 0.4) is 0 Å². The number of nitrogens with zero attached hydrogens (tertiary/aromatic N) is 2. The van der Waals surface area contributed by atoms with Crippen LogP contribution in [-0.4, -0.2) is 53.4 Å². The van der Waals surface area contributed by atoms with E-state index in [2.05, 4.69) is 44.8 Å². The summed E-state index contributed by atoms with van der Waals surface area (Å²) in [6.07, 6.45) is 2.77. The summed E-state index contributed by atoms with van der Waals surface area (Å²) in [5, 5.41) is 5.89. The predicted octanol–water partition coefficient (Wildman–Crippen LogP) is 1.41. The highest BCUT2D eigenvalue weighted by molar-refractivity contribution is 5.88. The molecule has 4 rings (SSSR count). The topological polar surface area (TPSA) is 74.3 Å². The first-order valence-electron chi connectivity index (χ1n) is 10.4. The largest absolute Gasteiger partial charge is 0.356 e. The van der Waals surface area contributed by atoms with Gasteiger partial charge in [-0.25, -0.2) is 0 Å². The maximum Gasteiger partial charge on any atom is 0.237 e. The van der Waals surface area contributed by atoms with Crippen LogP contribution in [0.4, 0.5) is 0 Å². The van der Waals surface area contributed by atoms with Crippen molar-refractivity contribution in [2.45, 2.75) is 44.7 Å². The first-order chi connectivity index (χ1) is 14.1. The lowest BCUT2D eigenvalue weighted by Crippen LogP contribution is -2.59. The van der Waals surface area contributed by atoms with Gasteiger partial charge < -0.3 is 10.6 Å². The molecule has 1 aliphatic carbocycles. The molecule has 2 aromatic rings. The van der Waals surface area contributed by atoms with Crippen LogP contribution in [-0.2, 0) is 28.9 Å². The van der Waals surface area contributed by atoms with Crippen LogP contribution in [0.1, 0.15) is 28.9 Å². The molecule has 1 unspecified atom stereocenters. The normalized spacial score (nSPS) is 19.6. The van der Waals surface area contributed by atoms with Gasteiger partial charge >= 0.3 is 0 Å². The van der Waals surface area contributed by atoms with E-state index in [9.17, 15) is 9.59 Å². The molecule has 29 heavy (non-hydrogen) atoms. The maximum absolute atomic E-state index is 12.6. The molecule has 152 valence electrons. The molecule has 6 nitrogen and oxygen atoms in total. The van der Waals surface area contributed by atoms with Gasteiger partial charge in [0.25, 0.3) is 0 Å². The van der Waals surface area contributed by atoms with E-state index in [-0.39, 0.29) is 24.3 Å². The van der Waals surface area contributed by atoms with Crippen molar-refractivity contribution in [3.8, 4) is 0 Å². The number of fused-ring (bicyclic) bond motifs is 1. The Balaban J connectivity index is 1.34. The standard InChI is InChI=1S/C23H28N4O2/c1-16-5-4-8-19(26-16)9-10-24-22(28)15-21-23(29)25-11-12-27(21)20-13-17-6-2-3-7-18(17)14-20/h2-8,20-21H,9-15H2,1H3,(H,24,28)(H,25,29). The zero-order valence-electron chi connectivity index (χ0n) is 16.9. The van der Waals surface area contributed by atoms with E-state index in [1.165, 1.54) is 11.1 Å². The van der Waals surface area contributed by atoms with Gasteiger partial charge in [-0.05, 0) is 43.0 Å². The van der Waals surface area contributed by atoms with Gasteiger partial charge in [0.05, 0.1) is 12.5 Å². The third-order valence-corrected chi connectivity index (χ3v) is 5.90. The van der Waals surface area contributed by atoms with Gasteiger partial charge in [-0.15, -0.1) is 0 Å². The van der Waals surface area contributed by atoms with Gasteiger partial charge in [-0.1, -0.05) is 30.3 Å². The monoisotopic (exact) mass is 392 g/mol. The maximum atomic E-state index is 12.6. The second-order valence-electron chi connectivity index (χ2n) is 7.95. The summed E-state index contributed by atoms with van der Waals surface area (Å²) >= 11 is 0. The van der Waals surface area contributed by atoms with Crippen LogP contribution in [0.2, 0.25) is 0 Å². The number of carbonyl (C=O) groups is 2. The summed E-state index contributed by atoms with van der Waals surface area (Å²) in [6.45, 7) is 3.91. The summed E-state index contributed by atoms with van der Waals surface area (Å²) in [5.41, 5.74) is 4.65. The number of hydrogen-bond acceptors (Lipinski definition) is 4. The number of rotatable bonds is 6. The first-order valence-corrected chi connectivity index (χ1v) is 10.4. The molecule has 1 aliphatic heterocycles. The highest BCUT2D eigenvalue weighted by Crippen LogP contribution is 2.28. The Hall–Kier alpha value is -2.73. The molecule has 1 atom stereocenters. The smallest absolute Gasteiger partial charge is 0.237 e. The van der Waals surface area contributed by atoms with E-state index in [1.807, 2.05) is 25.1 Å². The lowest BCUT2D eigenvalue weighted by atomic mass is 10.0. The van der Waals surface area contributed by atoms with Gasteiger partial charge in [0, 0.05) is 43.5 Å². The van der Waals surface area contributed by atoms with E-state index in [1.54, 1.807) is 0 Å². The summed E-state index contributed by atoms with van der Waals surface area (Å²) in [5.74, 6) is -0.122.